The summed E-state index contributed by atoms with van der Waals surface area (Å²) in [6, 6.07) is 14.2. The number of anilines is 1. The van der Waals surface area contributed by atoms with Gasteiger partial charge in [-0.3, -0.25) is 9.59 Å². The van der Waals surface area contributed by atoms with Crippen molar-refractivity contribution in [3.63, 3.8) is 0 Å². The number of Topliss-reactive ketones (excluding diaryl/α,β-unsaturated/α-hetero) is 1. The van der Waals surface area contributed by atoms with Crippen LogP contribution in [0.5, 0.6) is 0 Å². The van der Waals surface area contributed by atoms with Crippen LogP contribution < -0.4 is 5.32 Å². The Morgan fingerprint density at radius 3 is 2.83 bits per heavy atom. The van der Waals surface area contributed by atoms with Crippen LogP contribution in [0.4, 0.5) is 5.69 Å². The quantitative estimate of drug-likeness (QED) is 0.699. The zero-order chi connectivity index (χ0) is 20.2. The number of carbonyl (C=O) groups is 2. The van der Waals surface area contributed by atoms with E-state index in [1.165, 1.54) is 18.4 Å². The SMILES string of the molecule is O=C1CCc2cc(C(=O)CCN3CCC[C@H](Cc4ccccc4)C3)c(Cl)cc2N1. The average Bonchev–Trinajstić information content (AvgIpc) is 2.72. The number of likely N-dealkylation sites (tertiary alicyclic amines) is 1. The Hall–Kier alpha value is -2.17. The van der Waals surface area contributed by atoms with Gasteiger partial charge in [0.05, 0.1) is 5.02 Å². The van der Waals surface area contributed by atoms with Gasteiger partial charge in [0.2, 0.25) is 5.91 Å². The molecule has 0 aromatic heterocycles. The van der Waals surface area contributed by atoms with Crippen LogP contribution in [0.15, 0.2) is 42.5 Å². The van der Waals surface area contributed by atoms with Gasteiger partial charge in [-0.2, -0.15) is 0 Å². The number of rotatable bonds is 6. The van der Waals surface area contributed by atoms with Crippen LogP contribution in [0.3, 0.4) is 0 Å². The molecule has 29 heavy (non-hydrogen) atoms. The lowest BCUT2D eigenvalue weighted by molar-refractivity contribution is -0.116. The van der Waals surface area contributed by atoms with Crippen LogP contribution in [0.25, 0.3) is 0 Å². The fourth-order valence-corrected chi connectivity index (χ4v) is 4.75. The Morgan fingerprint density at radius 1 is 1.17 bits per heavy atom. The molecule has 1 saturated heterocycles. The van der Waals surface area contributed by atoms with Gasteiger partial charge in [-0.25, -0.2) is 0 Å². The van der Waals surface area contributed by atoms with E-state index in [4.69, 9.17) is 11.6 Å². The van der Waals surface area contributed by atoms with Gasteiger partial charge in [0, 0.05) is 37.2 Å². The molecule has 152 valence electrons. The molecule has 0 radical (unpaired) electrons. The summed E-state index contributed by atoms with van der Waals surface area (Å²) in [6.07, 6.45) is 5.13. The zero-order valence-corrected chi connectivity index (χ0v) is 17.4. The maximum atomic E-state index is 12.8. The number of hydrogen-bond acceptors (Lipinski definition) is 3. The van der Waals surface area contributed by atoms with Crippen molar-refractivity contribution in [1.82, 2.24) is 4.90 Å². The summed E-state index contributed by atoms with van der Waals surface area (Å²) in [7, 11) is 0. The van der Waals surface area contributed by atoms with E-state index < -0.39 is 0 Å². The van der Waals surface area contributed by atoms with Gasteiger partial charge >= 0.3 is 0 Å². The smallest absolute Gasteiger partial charge is 0.224 e. The van der Waals surface area contributed by atoms with E-state index in [1.807, 2.05) is 6.07 Å². The third-order valence-corrected chi connectivity index (χ3v) is 6.33. The Morgan fingerprint density at radius 2 is 2.00 bits per heavy atom. The number of aryl methyl sites for hydroxylation is 1. The first-order valence-electron chi connectivity index (χ1n) is 10.5. The van der Waals surface area contributed by atoms with Gasteiger partial charge in [-0.05, 0) is 61.4 Å². The molecule has 4 rings (SSSR count). The largest absolute Gasteiger partial charge is 0.326 e. The van der Waals surface area contributed by atoms with Gasteiger partial charge in [0.25, 0.3) is 0 Å². The van der Waals surface area contributed by atoms with Crippen molar-refractivity contribution in [3.8, 4) is 0 Å². The fraction of sp³-hybridized carbons (Fsp3) is 0.417. The highest BCUT2D eigenvalue weighted by Gasteiger charge is 2.23. The van der Waals surface area contributed by atoms with E-state index in [0.29, 0.717) is 35.8 Å². The summed E-state index contributed by atoms with van der Waals surface area (Å²) in [5, 5.41) is 3.26. The maximum absolute atomic E-state index is 12.8. The second-order valence-electron chi connectivity index (χ2n) is 8.21. The third kappa shape index (κ3) is 5.06. The normalized spacial score (nSPS) is 19.5. The van der Waals surface area contributed by atoms with E-state index in [1.54, 1.807) is 6.07 Å². The van der Waals surface area contributed by atoms with Crippen LogP contribution in [0.2, 0.25) is 5.02 Å². The monoisotopic (exact) mass is 410 g/mol. The van der Waals surface area contributed by atoms with Crippen molar-refractivity contribution in [1.29, 1.82) is 0 Å². The Balaban J connectivity index is 1.34. The first kappa shape index (κ1) is 20.1. The molecule has 2 aliphatic rings. The lowest BCUT2D eigenvalue weighted by Crippen LogP contribution is -2.37. The summed E-state index contributed by atoms with van der Waals surface area (Å²) in [5.74, 6) is 0.736. The average molecular weight is 411 g/mol. The molecule has 2 heterocycles. The van der Waals surface area contributed by atoms with E-state index in [2.05, 4.69) is 40.5 Å². The van der Waals surface area contributed by atoms with Gasteiger partial charge in [0.15, 0.2) is 5.78 Å². The van der Waals surface area contributed by atoms with Crippen LogP contribution in [-0.2, 0) is 17.6 Å². The van der Waals surface area contributed by atoms with Crippen molar-refractivity contribution in [3.05, 3.63) is 64.2 Å². The minimum absolute atomic E-state index is 0.00259. The molecule has 2 aromatic rings. The molecule has 1 fully saturated rings. The maximum Gasteiger partial charge on any atom is 0.224 e. The highest BCUT2D eigenvalue weighted by Crippen LogP contribution is 2.30. The summed E-state index contributed by atoms with van der Waals surface area (Å²) in [5.41, 5.74) is 3.71. The van der Waals surface area contributed by atoms with Crippen molar-refractivity contribution < 1.29 is 9.59 Å². The predicted octanol–water partition coefficient (Wildman–Crippen LogP) is 4.75. The molecular weight excluding hydrogens is 384 g/mol. The number of benzene rings is 2. The van der Waals surface area contributed by atoms with Gasteiger partial charge in [-0.15, -0.1) is 0 Å². The molecule has 2 aliphatic heterocycles. The number of fused-ring (bicyclic) bond motifs is 1. The molecule has 0 saturated carbocycles. The standard InChI is InChI=1S/C24H27ClN2O2/c25-21-15-22-19(8-9-24(29)26-22)14-20(21)23(28)10-12-27-11-4-7-18(16-27)13-17-5-2-1-3-6-17/h1-3,5-6,14-15,18H,4,7-13,16H2,(H,26,29)/t18-/m1/s1. The molecule has 0 spiro atoms. The molecule has 4 nitrogen and oxygen atoms in total. The summed E-state index contributed by atoms with van der Waals surface area (Å²) in [4.78, 5) is 26.8. The van der Waals surface area contributed by atoms with Gasteiger partial charge in [-0.1, -0.05) is 41.9 Å². The topological polar surface area (TPSA) is 49.4 Å². The van der Waals surface area contributed by atoms with Crippen LogP contribution >= 0.6 is 11.6 Å². The minimum Gasteiger partial charge on any atom is -0.326 e. The van der Waals surface area contributed by atoms with E-state index in [0.717, 1.165) is 37.3 Å². The van der Waals surface area contributed by atoms with E-state index >= 15 is 0 Å². The van der Waals surface area contributed by atoms with Crippen molar-refractivity contribution in [2.75, 3.05) is 25.0 Å². The summed E-state index contributed by atoms with van der Waals surface area (Å²) >= 11 is 6.35. The van der Waals surface area contributed by atoms with Crippen molar-refractivity contribution in [2.24, 2.45) is 5.92 Å². The Bertz CT molecular complexity index is 897. The second-order valence-corrected chi connectivity index (χ2v) is 8.62. The van der Waals surface area contributed by atoms with Crippen molar-refractivity contribution >= 4 is 29.0 Å². The van der Waals surface area contributed by atoms with E-state index in [-0.39, 0.29) is 11.7 Å². The molecule has 1 atom stereocenters. The summed E-state index contributed by atoms with van der Waals surface area (Å²) < 4.78 is 0. The number of nitrogens with zero attached hydrogens (tertiary/aromatic N) is 1. The molecule has 2 aromatic carbocycles. The highest BCUT2D eigenvalue weighted by molar-refractivity contribution is 6.34. The zero-order valence-electron chi connectivity index (χ0n) is 16.6. The first-order valence-corrected chi connectivity index (χ1v) is 10.9. The second kappa shape index (κ2) is 9.10. The van der Waals surface area contributed by atoms with E-state index in [9.17, 15) is 9.59 Å². The molecule has 1 amide bonds. The van der Waals surface area contributed by atoms with Crippen LogP contribution in [-0.4, -0.2) is 36.2 Å². The van der Waals surface area contributed by atoms with Gasteiger partial charge < -0.3 is 10.2 Å². The van der Waals surface area contributed by atoms with Crippen LogP contribution in [0, 0.1) is 5.92 Å². The fourth-order valence-electron chi connectivity index (χ4n) is 4.48. The molecule has 1 N–H and O–H groups in total. The predicted molar refractivity (Wildman–Crippen MR) is 117 cm³/mol. The van der Waals surface area contributed by atoms with Crippen molar-refractivity contribution in [2.45, 2.75) is 38.5 Å². The molecule has 0 unspecified atom stereocenters. The number of carbonyl (C=O) groups excluding carboxylic acids is 2. The number of amides is 1. The summed E-state index contributed by atoms with van der Waals surface area (Å²) in [6.45, 7) is 2.88. The number of halogens is 1. The minimum atomic E-state index is 0.00259. The Labute approximate surface area is 177 Å². The molecule has 0 aliphatic carbocycles. The number of hydrogen-bond donors (Lipinski definition) is 1. The van der Waals surface area contributed by atoms with Gasteiger partial charge in [0.1, 0.15) is 0 Å². The number of piperidine rings is 1. The highest BCUT2D eigenvalue weighted by atomic mass is 35.5. The first-order chi connectivity index (χ1) is 14.1. The molecular formula is C24H27ClN2O2. The number of nitrogens with one attached hydrogen (secondary N) is 1. The lowest BCUT2D eigenvalue weighted by atomic mass is 9.91. The lowest BCUT2D eigenvalue weighted by Gasteiger charge is -2.32. The molecule has 5 heteroatoms. The van der Waals surface area contributed by atoms with Crippen LogP contribution in [0.1, 0.15) is 47.2 Å². The third-order valence-electron chi connectivity index (χ3n) is 6.01. The molecule has 0 bridgehead atoms. The number of ketones is 1. The Kier molecular flexibility index (Phi) is 6.31.